The summed E-state index contributed by atoms with van der Waals surface area (Å²) in [7, 11) is 0. The smallest absolute Gasteiger partial charge is 0.183 e. The zero-order valence-electron chi connectivity index (χ0n) is 12.2. The maximum absolute atomic E-state index is 12.1. The van der Waals surface area contributed by atoms with Gasteiger partial charge in [-0.15, -0.1) is 5.10 Å². The summed E-state index contributed by atoms with van der Waals surface area (Å²) in [4.78, 5) is 12.1. The number of ketones is 1. The molecule has 0 amide bonds. The second-order valence-corrected chi connectivity index (χ2v) is 5.77. The van der Waals surface area contributed by atoms with Gasteiger partial charge in [-0.1, -0.05) is 0 Å². The average Bonchev–Trinajstić information content (AvgIpc) is 3.21. The molecule has 3 nitrogen and oxygen atoms in total. The molecule has 1 aromatic heterocycles. The molecule has 0 N–H and O–H groups in total. The van der Waals surface area contributed by atoms with Gasteiger partial charge in [0.15, 0.2) is 5.78 Å². The van der Waals surface area contributed by atoms with Crippen molar-refractivity contribution in [1.29, 1.82) is 0 Å². The minimum Gasteiger partial charge on any atom is -0.292 e. The molecule has 3 aliphatic rings. The molecule has 1 heterocycles. The van der Waals surface area contributed by atoms with Gasteiger partial charge in [-0.2, -0.15) is 5.10 Å². The van der Waals surface area contributed by atoms with E-state index in [0.717, 1.165) is 42.0 Å². The highest BCUT2D eigenvalue weighted by Gasteiger charge is 2.31. The molecule has 0 bridgehead atoms. The van der Waals surface area contributed by atoms with Crippen LogP contribution in [0.5, 0.6) is 0 Å². The van der Waals surface area contributed by atoms with Crippen LogP contribution >= 0.6 is 0 Å². The number of fused-ring (bicyclic) bond motifs is 1. The monoisotopic (exact) mass is 288 g/mol. The van der Waals surface area contributed by atoms with E-state index >= 15 is 0 Å². The molecule has 0 unspecified atom stereocenters. The Hall–Kier alpha value is -1.25. The molecule has 0 aromatic carbocycles. The molecule has 22 heavy (non-hydrogen) atoms. The molecule has 0 aliphatic heterocycles. The summed E-state index contributed by atoms with van der Waals surface area (Å²) in [6.45, 7) is 0. The zero-order chi connectivity index (χ0) is 14.9. The van der Waals surface area contributed by atoms with E-state index in [1.165, 1.54) is 5.92 Å². The highest BCUT2D eigenvalue weighted by Crippen LogP contribution is 2.37. The van der Waals surface area contributed by atoms with Gasteiger partial charge in [0.25, 0.3) is 0 Å². The van der Waals surface area contributed by atoms with E-state index in [-0.39, 0.29) is 5.78 Å². The van der Waals surface area contributed by atoms with Gasteiger partial charge in [0.1, 0.15) is 5.69 Å². The molecule has 108 valence electrons. The fraction of sp³-hybridized carbons (Fsp3) is 0.211. The largest absolute Gasteiger partial charge is 0.292 e. The standard InChI is InChI=1S/C19H16N2O/c22-17-11-5-10-15-16(12-13-6-1-2-7-13)18(20-21-19(15)17)14-8-3-4-9-14/h1-4,6-9H,5,10-12H2. The Bertz CT molecular complexity index is 569. The van der Waals surface area contributed by atoms with Crippen LogP contribution in [0.1, 0.15) is 40.2 Å². The highest BCUT2D eigenvalue weighted by molar-refractivity contribution is 5.96. The molecular formula is C19H16N2O. The molecule has 2 saturated carbocycles. The van der Waals surface area contributed by atoms with Gasteiger partial charge in [-0.3, -0.25) is 4.79 Å². The fourth-order valence-corrected chi connectivity index (χ4v) is 3.23. The maximum Gasteiger partial charge on any atom is 0.183 e. The Balaban J connectivity index is 1.74. The highest BCUT2D eigenvalue weighted by atomic mass is 16.1. The van der Waals surface area contributed by atoms with E-state index in [2.05, 4.69) is 35.9 Å². The number of aromatic nitrogens is 2. The van der Waals surface area contributed by atoms with E-state index in [9.17, 15) is 4.79 Å². The molecule has 4 rings (SSSR count). The minimum absolute atomic E-state index is 0.131. The van der Waals surface area contributed by atoms with Crippen LogP contribution in [-0.2, 0) is 12.8 Å². The van der Waals surface area contributed by atoms with E-state index in [0.29, 0.717) is 12.1 Å². The third kappa shape index (κ3) is 2.59. The third-order valence-electron chi connectivity index (χ3n) is 4.33. The molecule has 3 aliphatic carbocycles. The van der Waals surface area contributed by atoms with Gasteiger partial charge in [0.2, 0.25) is 0 Å². The lowest BCUT2D eigenvalue weighted by Crippen LogP contribution is -2.21. The number of hydrogen-bond donors (Lipinski definition) is 0. The molecule has 3 heteroatoms. The Morgan fingerprint density at radius 1 is 0.864 bits per heavy atom. The molecule has 0 saturated heterocycles. The maximum atomic E-state index is 12.1. The average molecular weight is 288 g/mol. The van der Waals surface area contributed by atoms with Crippen molar-refractivity contribution in [2.24, 2.45) is 0 Å². The van der Waals surface area contributed by atoms with Gasteiger partial charge < -0.3 is 0 Å². The van der Waals surface area contributed by atoms with Crippen LogP contribution in [0.25, 0.3) is 0 Å². The van der Waals surface area contributed by atoms with Crippen LogP contribution in [0.15, 0.2) is 0 Å². The fourth-order valence-electron chi connectivity index (χ4n) is 3.23. The van der Waals surface area contributed by atoms with Gasteiger partial charge in [0.05, 0.1) is 5.69 Å². The normalized spacial score (nSPS) is 23.2. The molecule has 2 fully saturated rings. The Morgan fingerprint density at radius 3 is 2.32 bits per heavy atom. The van der Waals surface area contributed by atoms with Crippen molar-refractivity contribution in [2.75, 3.05) is 0 Å². The Labute approximate surface area is 132 Å². The van der Waals surface area contributed by atoms with E-state index in [1.807, 2.05) is 25.7 Å². The van der Waals surface area contributed by atoms with Crippen molar-refractivity contribution < 1.29 is 4.79 Å². The molecule has 0 spiro atoms. The predicted octanol–water partition coefficient (Wildman–Crippen LogP) is 2.70. The van der Waals surface area contributed by atoms with Crippen LogP contribution < -0.4 is 0 Å². The third-order valence-corrected chi connectivity index (χ3v) is 4.33. The lowest BCUT2D eigenvalue weighted by Gasteiger charge is -2.23. The second kappa shape index (κ2) is 6.10. The molecule has 1 aromatic rings. The van der Waals surface area contributed by atoms with E-state index in [1.54, 1.807) is 0 Å². The van der Waals surface area contributed by atoms with Crippen molar-refractivity contribution in [3.63, 3.8) is 0 Å². The lowest BCUT2D eigenvalue weighted by molar-refractivity contribution is 0.0965. The van der Waals surface area contributed by atoms with Gasteiger partial charge >= 0.3 is 0 Å². The number of hydrogen-bond acceptors (Lipinski definition) is 3. The van der Waals surface area contributed by atoms with Crippen molar-refractivity contribution in [3.05, 3.63) is 85.7 Å². The summed E-state index contributed by atoms with van der Waals surface area (Å²) < 4.78 is 0. The van der Waals surface area contributed by atoms with Crippen molar-refractivity contribution in [1.82, 2.24) is 10.2 Å². The zero-order valence-corrected chi connectivity index (χ0v) is 12.2. The first-order chi connectivity index (χ1) is 10.8. The number of carbonyl (C=O) groups is 1. The minimum atomic E-state index is 0.131. The molecular weight excluding hydrogens is 272 g/mol. The molecule has 10 radical (unpaired) electrons. The van der Waals surface area contributed by atoms with Crippen molar-refractivity contribution >= 4 is 5.78 Å². The van der Waals surface area contributed by atoms with Gasteiger partial charge in [-0.05, 0) is 87.7 Å². The SMILES string of the molecule is O=C1CCCc2c1nnc([C]1[CH][CH][CH][CH]1)c2C[C]1[CH][CH][CH][CH]1. The van der Waals surface area contributed by atoms with Crippen LogP contribution in [0.2, 0.25) is 0 Å². The summed E-state index contributed by atoms with van der Waals surface area (Å²) in [5, 5.41) is 8.64. The van der Waals surface area contributed by atoms with Gasteiger partial charge in [-0.25, -0.2) is 0 Å². The lowest BCUT2D eigenvalue weighted by atomic mass is 9.83. The number of Topliss-reactive ketones (excluding diaryl/α,β-unsaturated/α-hetero) is 1. The summed E-state index contributed by atoms with van der Waals surface area (Å²) >= 11 is 0. The quantitative estimate of drug-likeness (QED) is 0.859. The molecule has 0 atom stereocenters. The van der Waals surface area contributed by atoms with Crippen LogP contribution in [0.4, 0.5) is 0 Å². The first-order valence-electron chi connectivity index (χ1n) is 7.67. The van der Waals surface area contributed by atoms with Gasteiger partial charge in [0, 0.05) is 12.3 Å². The van der Waals surface area contributed by atoms with E-state index in [4.69, 9.17) is 0 Å². The summed E-state index contributed by atoms with van der Waals surface area (Å²) in [5.74, 6) is 2.46. The second-order valence-electron chi connectivity index (χ2n) is 5.77. The van der Waals surface area contributed by atoms with E-state index < -0.39 is 0 Å². The summed E-state index contributed by atoms with van der Waals surface area (Å²) in [6, 6.07) is 0. The first kappa shape index (κ1) is 14.3. The Morgan fingerprint density at radius 2 is 1.55 bits per heavy atom. The number of carbonyl (C=O) groups excluding carboxylic acids is 1. The topological polar surface area (TPSA) is 42.9 Å². The van der Waals surface area contributed by atoms with Crippen LogP contribution in [-0.4, -0.2) is 16.0 Å². The Kier molecular flexibility index (Phi) is 3.98. The summed E-state index contributed by atoms with van der Waals surface area (Å²) in [6.07, 6.45) is 19.7. The summed E-state index contributed by atoms with van der Waals surface area (Å²) in [5.41, 5.74) is 3.77. The van der Waals surface area contributed by atoms with Crippen LogP contribution in [0.3, 0.4) is 0 Å². The number of nitrogens with zero attached hydrogens (tertiary/aromatic N) is 2. The predicted molar refractivity (Wildman–Crippen MR) is 83.0 cm³/mol. The van der Waals surface area contributed by atoms with Crippen molar-refractivity contribution in [3.8, 4) is 0 Å². The van der Waals surface area contributed by atoms with Crippen molar-refractivity contribution in [2.45, 2.75) is 25.7 Å². The number of rotatable bonds is 3. The van der Waals surface area contributed by atoms with Crippen LogP contribution in [0, 0.1) is 63.2 Å². The first-order valence-corrected chi connectivity index (χ1v) is 7.67.